The summed E-state index contributed by atoms with van der Waals surface area (Å²) in [6, 6.07) is 7.80. The molecule has 2 amide bonds. The average Bonchev–Trinajstić information content (AvgIpc) is 3.23. The molecule has 0 radical (unpaired) electrons. The van der Waals surface area contributed by atoms with Crippen LogP contribution in [0.5, 0.6) is 0 Å². The molecule has 1 atom stereocenters. The maximum Gasteiger partial charge on any atom is 0.410 e. The molecule has 0 aliphatic heterocycles. The number of carbonyl (C=O) groups excluding carboxylic acids is 2. The van der Waals surface area contributed by atoms with Gasteiger partial charge >= 0.3 is 6.09 Å². The molecule has 2 heterocycles. The van der Waals surface area contributed by atoms with Gasteiger partial charge in [0.25, 0.3) is 0 Å². The van der Waals surface area contributed by atoms with Gasteiger partial charge in [-0.25, -0.2) is 4.79 Å². The van der Waals surface area contributed by atoms with Crippen molar-refractivity contribution in [1.82, 2.24) is 10.2 Å². The molecule has 0 saturated heterocycles. The van der Waals surface area contributed by atoms with Gasteiger partial charge in [0, 0.05) is 16.7 Å². The lowest BCUT2D eigenvalue weighted by molar-refractivity contribution is -0.120. The van der Waals surface area contributed by atoms with E-state index in [2.05, 4.69) is 5.32 Å². The molecule has 0 aromatic carbocycles. The standard InChI is InChI=1S/C17H22N2O3S2/c1-3-14(18-13(2)20)12-22-17(21)19(10-15-6-4-8-23-15)11-16-7-5-9-24-16/h4-9,14H,3,10-12H2,1-2H3,(H,18,20)/t14-/m0/s1. The number of amides is 2. The molecular weight excluding hydrogens is 344 g/mol. The number of hydrogen-bond donors (Lipinski definition) is 1. The van der Waals surface area contributed by atoms with Crippen molar-refractivity contribution in [2.24, 2.45) is 0 Å². The van der Waals surface area contributed by atoms with E-state index in [4.69, 9.17) is 4.74 Å². The summed E-state index contributed by atoms with van der Waals surface area (Å²) >= 11 is 3.23. The fourth-order valence-corrected chi connectivity index (χ4v) is 3.62. The number of hydrogen-bond acceptors (Lipinski definition) is 5. The van der Waals surface area contributed by atoms with Crippen molar-refractivity contribution >= 4 is 34.7 Å². The van der Waals surface area contributed by atoms with Gasteiger partial charge in [-0.15, -0.1) is 22.7 Å². The van der Waals surface area contributed by atoms with Crippen LogP contribution in [-0.4, -0.2) is 29.5 Å². The first-order valence-corrected chi connectivity index (χ1v) is 9.58. The molecule has 2 aromatic heterocycles. The first-order chi connectivity index (χ1) is 11.6. The Morgan fingerprint density at radius 3 is 2.17 bits per heavy atom. The van der Waals surface area contributed by atoms with E-state index in [1.165, 1.54) is 6.92 Å². The van der Waals surface area contributed by atoms with E-state index in [1.807, 2.05) is 41.9 Å². The number of thiophene rings is 2. The molecule has 0 unspecified atom stereocenters. The van der Waals surface area contributed by atoms with Gasteiger partial charge in [0.1, 0.15) is 6.61 Å². The van der Waals surface area contributed by atoms with E-state index in [-0.39, 0.29) is 24.6 Å². The van der Waals surface area contributed by atoms with E-state index < -0.39 is 0 Å². The van der Waals surface area contributed by atoms with Crippen LogP contribution in [0.1, 0.15) is 30.0 Å². The molecule has 0 spiro atoms. The zero-order chi connectivity index (χ0) is 17.4. The van der Waals surface area contributed by atoms with Crippen molar-refractivity contribution in [2.45, 2.75) is 39.4 Å². The van der Waals surface area contributed by atoms with Crippen molar-refractivity contribution in [2.75, 3.05) is 6.61 Å². The van der Waals surface area contributed by atoms with Gasteiger partial charge in [-0.05, 0) is 29.3 Å². The summed E-state index contributed by atoms with van der Waals surface area (Å²) in [6.07, 6.45) is 0.350. The van der Waals surface area contributed by atoms with Crippen LogP contribution in [0.15, 0.2) is 35.0 Å². The highest BCUT2D eigenvalue weighted by Gasteiger charge is 2.19. The topological polar surface area (TPSA) is 58.6 Å². The molecule has 0 aliphatic rings. The van der Waals surface area contributed by atoms with Gasteiger partial charge < -0.3 is 10.1 Å². The van der Waals surface area contributed by atoms with Gasteiger partial charge in [-0.2, -0.15) is 0 Å². The zero-order valence-corrected chi connectivity index (χ0v) is 15.5. The lowest BCUT2D eigenvalue weighted by Crippen LogP contribution is -2.39. The maximum absolute atomic E-state index is 12.5. The smallest absolute Gasteiger partial charge is 0.410 e. The Hall–Kier alpha value is -1.86. The second-order valence-corrected chi connectivity index (χ2v) is 7.46. The van der Waals surface area contributed by atoms with Gasteiger partial charge in [0.15, 0.2) is 0 Å². The minimum atomic E-state index is -0.361. The molecule has 0 aliphatic carbocycles. The Morgan fingerprint density at radius 2 is 1.75 bits per heavy atom. The molecule has 130 valence electrons. The fraction of sp³-hybridized carbons (Fsp3) is 0.412. The highest BCUT2D eigenvalue weighted by atomic mass is 32.1. The van der Waals surface area contributed by atoms with E-state index in [9.17, 15) is 9.59 Å². The van der Waals surface area contributed by atoms with Crippen molar-refractivity contribution in [3.05, 3.63) is 44.8 Å². The molecular formula is C17H22N2O3S2. The molecule has 7 heteroatoms. The number of ether oxygens (including phenoxy) is 1. The van der Waals surface area contributed by atoms with Crippen LogP contribution in [0, 0.1) is 0 Å². The Kier molecular flexibility index (Phi) is 7.27. The van der Waals surface area contributed by atoms with Crippen LogP contribution < -0.4 is 5.32 Å². The lowest BCUT2D eigenvalue weighted by Gasteiger charge is -2.23. The van der Waals surface area contributed by atoms with E-state index in [0.717, 1.165) is 9.75 Å². The van der Waals surface area contributed by atoms with Crippen LogP contribution in [0.25, 0.3) is 0 Å². The number of carbonyl (C=O) groups is 2. The van der Waals surface area contributed by atoms with E-state index >= 15 is 0 Å². The summed E-state index contributed by atoms with van der Waals surface area (Å²) in [5.74, 6) is -0.119. The summed E-state index contributed by atoms with van der Waals surface area (Å²) < 4.78 is 5.44. The van der Waals surface area contributed by atoms with Gasteiger partial charge in [-0.3, -0.25) is 9.69 Å². The second kappa shape index (κ2) is 9.44. The third kappa shape index (κ3) is 5.98. The minimum Gasteiger partial charge on any atom is -0.447 e. The molecule has 0 bridgehead atoms. The third-order valence-electron chi connectivity index (χ3n) is 3.42. The quantitative estimate of drug-likeness (QED) is 0.772. The third-order valence-corrected chi connectivity index (χ3v) is 5.14. The van der Waals surface area contributed by atoms with E-state index in [0.29, 0.717) is 19.5 Å². The predicted octanol–water partition coefficient (Wildman–Crippen LogP) is 3.86. The number of nitrogens with one attached hydrogen (secondary N) is 1. The number of nitrogens with zero attached hydrogens (tertiary/aromatic N) is 1. The molecule has 2 aromatic rings. The van der Waals surface area contributed by atoms with Gasteiger partial charge in [-0.1, -0.05) is 19.1 Å². The Morgan fingerprint density at radius 1 is 1.17 bits per heavy atom. The van der Waals surface area contributed by atoms with Crippen molar-refractivity contribution in [3.8, 4) is 0 Å². The summed E-state index contributed by atoms with van der Waals surface area (Å²) in [7, 11) is 0. The normalized spacial score (nSPS) is 11.8. The summed E-state index contributed by atoms with van der Waals surface area (Å²) in [6.45, 7) is 4.63. The first kappa shape index (κ1) is 18.5. The molecule has 0 fully saturated rings. The first-order valence-electron chi connectivity index (χ1n) is 7.82. The van der Waals surface area contributed by atoms with Crippen LogP contribution in [0.3, 0.4) is 0 Å². The zero-order valence-electron chi connectivity index (χ0n) is 13.9. The minimum absolute atomic E-state index is 0.119. The SMILES string of the molecule is CC[C@@H](COC(=O)N(Cc1cccs1)Cc1cccs1)NC(C)=O. The van der Waals surface area contributed by atoms with Gasteiger partial charge in [0.2, 0.25) is 5.91 Å². The largest absolute Gasteiger partial charge is 0.447 e. The van der Waals surface area contributed by atoms with Crippen molar-refractivity contribution in [1.29, 1.82) is 0 Å². The summed E-state index contributed by atoms with van der Waals surface area (Å²) in [5, 5.41) is 6.77. The van der Waals surface area contributed by atoms with Crippen LogP contribution >= 0.6 is 22.7 Å². The molecule has 0 saturated carbocycles. The summed E-state index contributed by atoms with van der Waals surface area (Å²) in [5.41, 5.74) is 0. The van der Waals surface area contributed by atoms with Crippen LogP contribution in [0.2, 0.25) is 0 Å². The second-order valence-electron chi connectivity index (χ2n) is 5.40. The fourth-order valence-electron chi connectivity index (χ4n) is 2.18. The Bertz CT molecular complexity index is 590. The highest BCUT2D eigenvalue weighted by molar-refractivity contribution is 7.10. The maximum atomic E-state index is 12.5. The average molecular weight is 367 g/mol. The van der Waals surface area contributed by atoms with Crippen molar-refractivity contribution in [3.63, 3.8) is 0 Å². The summed E-state index contributed by atoms with van der Waals surface area (Å²) in [4.78, 5) is 27.6. The number of rotatable bonds is 8. The molecule has 5 nitrogen and oxygen atoms in total. The predicted molar refractivity (Wildman–Crippen MR) is 97.1 cm³/mol. The van der Waals surface area contributed by atoms with Gasteiger partial charge in [0.05, 0.1) is 19.1 Å². The van der Waals surface area contributed by atoms with Crippen molar-refractivity contribution < 1.29 is 14.3 Å². The van der Waals surface area contributed by atoms with E-state index in [1.54, 1.807) is 27.6 Å². The molecule has 1 N–H and O–H groups in total. The molecule has 2 rings (SSSR count). The molecule has 24 heavy (non-hydrogen) atoms. The van der Waals surface area contributed by atoms with Crippen LogP contribution in [0.4, 0.5) is 4.79 Å². The van der Waals surface area contributed by atoms with Crippen LogP contribution in [-0.2, 0) is 22.6 Å². The Balaban J connectivity index is 1.96. The lowest BCUT2D eigenvalue weighted by atomic mass is 10.2. The highest BCUT2D eigenvalue weighted by Crippen LogP contribution is 2.18. The monoisotopic (exact) mass is 366 g/mol. The Labute approximate surface area is 150 Å².